The van der Waals surface area contributed by atoms with Crippen molar-refractivity contribution >= 4 is 77.2 Å². The maximum Gasteiger partial charge on any atom is 0.488 e. The Morgan fingerprint density at radius 2 is 0.594 bits per heavy atom. The number of aryl methyl sites for hydroxylation is 1. The highest BCUT2D eigenvalue weighted by Crippen LogP contribution is 2.43. The molecule has 0 heterocycles. The normalized spacial score (nSPS) is 11.0. The van der Waals surface area contributed by atoms with E-state index in [-0.39, 0.29) is 0 Å². The minimum atomic E-state index is -1.34. The molecule has 0 aliphatic heterocycles. The molecule has 0 amide bonds. The van der Waals surface area contributed by atoms with Gasteiger partial charge < -0.3 is 10.0 Å². The lowest BCUT2D eigenvalue weighted by Gasteiger charge is -2.16. The first-order chi connectivity index (χ1) is 31.5. The Labute approximate surface area is 374 Å². The highest BCUT2D eigenvalue weighted by Gasteiger charge is 2.16. The molecule has 0 saturated carbocycles. The third-order valence-corrected chi connectivity index (χ3v) is 12.3. The Morgan fingerprint density at radius 3 is 1.02 bits per heavy atom. The van der Waals surface area contributed by atoms with Crippen molar-refractivity contribution < 1.29 is 10.0 Å². The van der Waals surface area contributed by atoms with Crippen LogP contribution in [0.15, 0.2) is 243 Å². The van der Waals surface area contributed by atoms with Gasteiger partial charge in [0.05, 0.1) is 0 Å². The zero-order valence-corrected chi connectivity index (χ0v) is 35.6. The van der Waals surface area contributed by atoms with Crippen molar-refractivity contribution in [2.75, 3.05) is 0 Å². The van der Waals surface area contributed by atoms with Gasteiger partial charge in [-0.05, 0) is 128 Å². The van der Waals surface area contributed by atoms with Crippen molar-refractivity contribution in [3.05, 3.63) is 248 Å². The van der Waals surface area contributed by atoms with E-state index < -0.39 is 7.12 Å². The molecule has 12 aromatic carbocycles. The van der Waals surface area contributed by atoms with Crippen LogP contribution in [-0.2, 0) is 0 Å². The second-order valence-corrected chi connectivity index (χ2v) is 16.2. The molecule has 0 bridgehead atoms. The van der Waals surface area contributed by atoms with Crippen LogP contribution in [0.3, 0.4) is 0 Å². The van der Waals surface area contributed by atoms with Crippen LogP contribution in [-0.4, -0.2) is 17.2 Å². The third kappa shape index (κ3) is 7.80. The van der Waals surface area contributed by atoms with E-state index in [1.165, 1.54) is 104 Å². The predicted octanol–water partition coefficient (Wildman–Crippen LogP) is 15.0. The average molecular weight is 821 g/mol. The lowest BCUT2D eigenvalue weighted by molar-refractivity contribution is 0.426. The van der Waals surface area contributed by atoms with Crippen LogP contribution in [0.2, 0.25) is 0 Å². The molecular weight excluding hydrogens is 775 g/mol. The van der Waals surface area contributed by atoms with Crippen LogP contribution in [0.4, 0.5) is 0 Å². The minimum absolute atomic E-state index is 0.525. The van der Waals surface area contributed by atoms with E-state index in [1.807, 2.05) is 6.07 Å². The molecule has 0 saturated heterocycles. The van der Waals surface area contributed by atoms with Crippen molar-refractivity contribution in [2.24, 2.45) is 0 Å². The Hall–Kier alpha value is -7.82. The fourth-order valence-electron chi connectivity index (χ4n) is 9.29. The summed E-state index contributed by atoms with van der Waals surface area (Å²) in [5.74, 6) is 0. The molecule has 12 aromatic rings. The summed E-state index contributed by atoms with van der Waals surface area (Å²) in [7, 11) is -1.34. The summed E-state index contributed by atoms with van der Waals surface area (Å²) < 4.78 is 0. The van der Waals surface area contributed by atoms with Gasteiger partial charge in [-0.15, -0.1) is 0 Å². The number of benzene rings is 12. The fourth-order valence-corrected chi connectivity index (χ4v) is 9.29. The Kier molecular flexibility index (Phi) is 11.3. The van der Waals surface area contributed by atoms with Crippen LogP contribution in [0.25, 0.3) is 98.0 Å². The summed E-state index contributed by atoms with van der Waals surface area (Å²) in [6, 6.07) is 85.4. The quantitative estimate of drug-likeness (QED) is 0.137. The van der Waals surface area contributed by atoms with Crippen molar-refractivity contribution in [1.29, 1.82) is 0 Å². The first-order valence-electron chi connectivity index (χ1n) is 21.8. The van der Waals surface area contributed by atoms with E-state index in [1.54, 1.807) is 24.3 Å². The minimum Gasteiger partial charge on any atom is -0.423 e. The van der Waals surface area contributed by atoms with Gasteiger partial charge >= 0.3 is 7.12 Å². The molecule has 0 aliphatic carbocycles. The maximum absolute atomic E-state index is 8.58. The molecule has 0 radical (unpaired) electrons. The number of hydrogen-bond acceptors (Lipinski definition) is 2. The second-order valence-electron chi connectivity index (χ2n) is 16.2. The van der Waals surface area contributed by atoms with Gasteiger partial charge in [-0.2, -0.15) is 0 Å². The van der Waals surface area contributed by atoms with Crippen LogP contribution >= 0.6 is 0 Å². The molecule has 304 valence electrons. The van der Waals surface area contributed by atoms with Gasteiger partial charge in [0, 0.05) is 0 Å². The van der Waals surface area contributed by atoms with Crippen LogP contribution in [0.5, 0.6) is 0 Å². The lowest BCUT2D eigenvalue weighted by atomic mass is 9.81. The van der Waals surface area contributed by atoms with E-state index >= 15 is 0 Å². The molecule has 3 heteroatoms. The van der Waals surface area contributed by atoms with E-state index in [9.17, 15) is 0 Å². The molecule has 0 aromatic heterocycles. The van der Waals surface area contributed by atoms with Gasteiger partial charge in [-0.3, -0.25) is 0 Å². The third-order valence-electron chi connectivity index (χ3n) is 12.3. The molecule has 2 nitrogen and oxygen atoms in total. The molecule has 0 unspecified atom stereocenters. The van der Waals surface area contributed by atoms with Gasteiger partial charge in [0.1, 0.15) is 0 Å². The number of rotatable bonds is 4. The summed E-state index contributed by atoms with van der Waals surface area (Å²) in [6.07, 6.45) is 0. The van der Waals surface area contributed by atoms with Crippen molar-refractivity contribution in [3.8, 4) is 33.4 Å². The summed E-state index contributed by atoms with van der Waals surface area (Å²) in [5.41, 5.74) is 9.64. The van der Waals surface area contributed by atoms with Crippen LogP contribution in [0.1, 0.15) is 5.56 Å². The fraction of sp³-hybridized carbons (Fsp3) is 0.0164. The smallest absolute Gasteiger partial charge is 0.423 e. The molecule has 64 heavy (non-hydrogen) atoms. The van der Waals surface area contributed by atoms with Crippen molar-refractivity contribution in [2.45, 2.75) is 6.92 Å². The molecule has 0 aliphatic rings. The van der Waals surface area contributed by atoms with Crippen molar-refractivity contribution in [3.63, 3.8) is 0 Å². The standard InChI is InChI=1S/C30H20.C25H18.C6H7BO2/c1-2-10-21(11-3-1)24-18-19-29(28-17-9-8-16-27(24)28)30-25-14-6-4-12-22(25)20-23-13-5-7-15-26(23)30;1-17-14-15-24(23-13-7-6-10-20(17)23)25-21-11-4-2-8-18(21)16-19-9-3-5-12-22(19)25;8-7(9)6-4-2-1-3-5-6/h1-20H;2-16H,1H3;1-5,8-9H. The summed E-state index contributed by atoms with van der Waals surface area (Å²) >= 11 is 0. The Bertz CT molecular complexity index is 3490. The summed E-state index contributed by atoms with van der Waals surface area (Å²) in [5, 5.41) is 32.8. The SMILES string of the molecule is Cc1ccc(-c2c3ccccc3cc3ccccc23)c2ccccc12.OB(O)c1ccccc1.c1ccc(-c2ccc(-c3c4ccccc4cc4ccccc34)c3ccccc23)cc1. The highest BCUT2D eigenvalue weighted by atomic mass is 16.4. The Balaban J connectivity index is 0.000000129. The van der Waals surface area contributed by atoms with Gasteiger partial charge in [0.15, 0.2) is 0 Å². The number of hydrogen-bond donors (Lipinski definition) is 2. The first kappa shape index (κ1) is 40.3. The monoisotopic (exact) mass is 820 g/mol. The van der Waals surface area contributed by atoms with E-state index in [0.29, 0.717) is 5.46 Å². The second kappa shape index (κ2) is 17.9. The van der Waals surface area contributed by atoms with Gasteiger partial charge in [0.2, 0.25) is 0 Å². The largest absolute Gasteiger partial charge is 0.488 e. The molecule has 12 rings (SSSR count). The maximum atomic E-state index is 8.58. The van der Waals surface area contributed by atoms with E-state index in [2.05, 4.69) is 219 Å². The zero-order valence-electron chi connectivity index (χ0n) is 35.6. The first-order valence-corrected chi connectivity index (χ1v) is 21.8. The van der Waals surface area contributed by atoms with Gasteiger partial charge in [0.25, 0.3) is 0 Å². The Morgan fingerprint density at radius 1 is 0.281 bits per heavy atom. The molecular formula is C61H45BO2. The number of fused-ring (bicyclic) bond motifs is 6. The molecule has 0 spiro atoms. The molecule has 2 N–H and O–H groups in total. The average Bonchev–Trinajstić information content (AvgIpc) is 3.36. The van der Waals surface area contributed by atoms with E-state index in [0.717, 1.165) is 0 Å². The summed E-state index contributed by atoms with van der Waals surface area (Å²) in [4.78, 5) is 0. The topological polar surface area (TPSA) is 40.5 Å². The molecule has 0 fully saturated rings. The van der Waals surface area contributed by atoms with Gasteiger partial charge in [-0.25, -0.2) is 0 Å². The van der Waals surface area contributed by atoms with E-state index in [4.69, 9.17) is 10.0 Å². The predicted molar refractivity (Wildman–Crippen MR) is 275 cm³/mol. The summed E-state index contributed by atoms with van der Waals surface area (Å²) in [6.45, 7) is 2.19. The lowest BCUT2D eigenvalue weighted by Crippen LogP contribution is -2.29. The zero-order chi connectivity index (χ0) is 43.4. The van der Waals surface area contributed by atoms with Crippen molar-refractivity contribution in [1.82, 2.24) is 0 Å². The molecule has 0 atom stereocenters. The highest BCUT2D eigenvalue weighted by molar-refractivity contribution is 6.58. The van der Waals surface area contributed by atoms with Gasteiger partial charge in [-0.1, -0.05) is 231 Å². The van der Waals surface area contributed by atoms with Crippen LogP contribution in [0, 0.1) is 6.92 Å². The van der Waals surface area contributed by atoms with Crippen LogP contribution < -0.4 is 5.46 Å².